The molecule has 1 fully saturated rings. The van der Waals surface area contributed by atoms with E-state index in [9.17, 15) is 9.90 Å². The first-order valence-electron chi connectivity index (χ1n) is 6.16. The molecule has 6 heteroatoms. The Labute approximate surface area is 104 Å². The van der Waals surface area contributed by atoms with Crippen molar-refractivity contribution in [2.45, 2.75) is 31.6 Å². The molecule has 0 radical (unpaired) electrons. The summed E-state index contributed by atoms with van der Waals surface area (Å²) in [6, 6.07) is 3.62. The van der Waals surface area contributed by atoms with Gasteiger partial charge in [0.1, 0.15) is 0 Å². The van der Waals surface area contributed by atoms with Gasteiger partial charge in [0.05, 0.1) is 5.92 Å². The van der Waals surface area contributed by atoms with Crippen molar-refractivity contribution in [1.29, 1.82) is 0 Å². The fourth-order valence-corrected chi connectivity index (χ4v) is 2.73. The second kappa shape index (κ2) is 4.36. The highest BCUT2D eigenvalue weighted by molar-refractivity contribution is 5.71. The minimum Gasteiger partial charge on any atom is -0.481 e. The Morgan fingerprint density at radius 3 is 3.00 bits per heavy atom. The molecule has 0 saturated heterocycles. The third-order valence-electron chi connectivity index (χ3n) is 3.62. The molecule has 2 heterocycles. The van der Waals surface area contributed by atoms with E-state index in [1.54, 1.807) is 16.8 Å². The largest absolute Gasteiger partial charge is 0.481 e. The van der Waals surface area contributed by atoms with E-state index >= 15 is 0 Å². The van der Waals surface area contributed by atoms with Crippen LogP contribution < -0.4 is 0 Å². The van der Waals surface area contributed by atoms with Crippen molar-refractivity contribution in [3.63, 3.8) is 0 Å². The van der Waals surface area contributed by atoms with Crippen LogP contribution in [-0.4, -0.2) is 30.9 Å². The summed E-state index contributed by atoms with van der Waals surface area (Å²) in [6.45, 7) is 0. The topological polar surface area (TPSA) is 80.4 Å². The van der Waals surface area contributed by atoms with Crippen LogP contribution in [0.25, 0.3) is 5.65 Å². The van der Waals surface area contributed by atoms with Gasteiger partial charge in [-0.2, -0.15) is 9.61 Å². The standard InChI is InChI=1S/C12H14N4O2/c17-12(18)9-5-2-1-4-8(9)11-15-14-10-6-3-7-13-16(10)11/h3,6-9H,1-2,4-5H2,(H,17,18). The van der Waals surface area contributed by atoms with Crippen LogP contribution in [0.5, 0.6) is 0 Å². The fourth-order valence-electron chi connectivity index (χ4n) is 2.73. The maximum absolute atomic E-state index is 11.3. The minimum absolute atomic E-state index is 0.0823. The molecule has 1 aliphatic rings. The molecule has 3 rings (SSSR count). The van der Waals surface area contributed by atoms with Gasteiger partial charge in [0.2, 0.25) is 0 Å². The van der Waals surface area contributed by atoms with Crippen LogP contribution in [0.4, 0.5) is 0 Å². The van der Waals surface area contributed by atoms with E-state index in [-0.39, 0.29) is 11.8 Å². The Balaban J connectivity index is 2.04. The van der Waals surface area contributed by atoms with Crippen molar-refractivity contribution in [3.8, 4) is 0 Å². The molecule has 1 aliphatic carbocycles. The average molecular weight is 246 g/mol. The lowest BCUT2D eigenvalue weighted by Crippen LogP contribution is -2.27. The summed E-state index contributed by atoms with van der Waals surface area (Å²) < 4.78 is 1.66. The van der Waals surface area contributed by atoms with E-state index in [1.807, 2.05) is 6.07 Å². The second-order valence-corrected chi connectivity index (χ2v) is 4.69. The highest BCUT2D eigenvalue weighted by atomic mass is 16.4. The Kier molecular flexibility index (Phi) is 2.70. The summed E-state index contributed by atoms with van der Waals surface area (Å²) in [5.74, 6) is -0.514. The first-order chi connectivity index (χ1) is 8.77. The summed E-state index contributed by atoms with van der Waals surface area (Å²) in [4.78, 5) is 11.3. The predicted molar refractivity (Wildman–Crippen MR) is 63.1 cm³/mol. The van der Waals surface area contributed by atoms with Crippen LogP contribution in [0.1, 0.15) is 37.4 Å². The molecule has 0 bridgehead atoms. The number of carboxylic acids is 1. The number of carbonyl (C=O) groups is 1. The van der Waals surface area contributed by atoms with Crippen LogP contribution in [0, 0.1) is 5.92 Å². The first kappa shape index (κ1) is 11.1. The van der Waals surface area contributed by atoms with Gasteiger partial charge in [-0.05, 0) is 25.0 Å². The molecule has 94 valence electrons. The van der Waals surface area contributed by atoms with E-state index in [0.29, 0.717) is 17.9 Å². The smallest absolute Gasteiger partial charge is 0.307 e. The molecule has 0 spiro atoms. The fraction of sp³-hybridized carbons (Fsp3) is 0.500. The highest BCUT2D eigenvalue weighted by Crippen LogP contribution is 2.36. The summed E-state index contributed by atoms with van der Waals surface area (Å²) >= 11 is 0. The van der Waals surface area contributed by atoms with Gasteiger partial charge in [0, 0.05) is 12.1 Å². The number of aliphatic carboxylic acids is 1. The highest BCUT2D eigenvalue weighted by Gasteiger charge is 2.35. The molecule has 2 aromatic heterocycles. The zero-order valence-corrected chi connectivity index (χ0v) is 9.86. The van der Waals surface area contributed by atoms with E-state index in [0.717, 1.165) is 19.3 Å². The monoisotopic (exact) mass is 246 g/mol. The zero-order valence-electron chi connectivity index (χ0n) is 9.86. The van der Waals surface area contributed by atoms with Gasteiger partial charge in [-0.25, -0.2) is 0 Å². The van der Waals surface area contributed by atoms with Crippen molar-refractivity contribution in [2.75, 3.05) is 0 Å². The maximum Gasteiger partial charge on any atom is 0.307 e. The lowest BCUT2D eigenvalue weighted by atomic mass is 9.79. The summed E-state index contributed by atoms with van der Waals surface area (Å²) in [6.07, 6.45) is 5.22. The van der Waals surface area contributed by atoms with Gasteiger partial charge in [-0.1, -0.05) is 12.8 Å². The van der Waals surface area contributed by atoms with Gasteiger partial charge in [-0.3, -0.25) is 4.79 Å². The number of fused-ring (bicyclic) bond motifs is 1. The van der Waals surface area contributed by atoms with Gasteiger partial charge in [0.25, 0.3) is 0 Å². The number of hydrogen-bond acceptors (Lipinski definition) is 4. The van der Waals surface area contributed by atoms with Crippen molar-refractivity contribution < 1.29 is 9.90 Å². The van der Waals surface area contributed by atoms with Crippen molar-refractivity contribution in [3.05, 3.63) is 24.2 Å². The van der Waals surface area contributed by atoms with Crippen LogP contribution in [0.3, 0.4) is 0 Å². The number of rotatable bonds is 2. The van der Waals surface area contributed by atoms with Crippen LogP contribution in [0.2, 0.25) is 0 Å². The third kappa shape index (κ3) is 1.73. The molecule has 0 amide bonds. The van der Waals surface area contributed by atoms with Crippen LogP contribution in [0.15, 0.2) is 18.3 Å². The molecular weight excluding hydrogens is 232 g/mol. The van der Waals surface area contributed by atoms with Crippen molar-refractivity contribution in [1.82, 2.24) is 19.8 Å². The molecular formula is C12H14N4O2. The third-order valence-corrected chi connectivity index (χ3v) is 3.62. The lowest BCUT2D eigenvalue weighted by molar-refractivity contribution is -0.143. The van der Waals surface area contributed by atoms with E-state index in [1.165, 1.54) is 0 Å². The molecule has 0 aromatic carbocycles. The first-order valence-corrected chi connectivity index (χ1v) is 6.16. The molecule has 6 nitrogen and oxygen atoms in total. The summed E-state index contributed by atoms with van der Waals surface area (Å²) in [5.41, 5.74) is 0.669. The predicted octanol–water partition coefficient (Wildman–Crippen LogP) is 1.48. The molecule has 2 unspecified atom stereocenters. The van der Waals surface area contributed by atoms with Crippen LogP contribution in [-0.2, 0) is 4.79 Å². The van der Waals surface area contributed by atoms with E-state index in [2.05, 4.69) is 15.3 Å². The Morgan fingerprint density at radius 1 is 1.33 bits per heavy atom. The van der Waals surface area contributed by atoms with Gasteiger partial charge >= 0.3 is 5.97 Å². The Bertz CT molecular complexity index is 580. The zero-order chi connectivity index (χ0) is 12.5. The number of aromatic nitrogens is 4. The molecule has 18 heavy (non-hydrogen) atoms. The number of hydrogen-bond donors (Lipinski definition) is 1. The average Bonchev–Trinajstić information content (AvgIpc) is 2.82. The Morgan fingerprint density at radius 2 is 2.17 bits per heavy atom. The minimum atomic E-state index is -0.743. The summed E-state index contributed by atoms with van der Waals surface area (Å²) in [7, 11) is 0. The quantitative estimate of drug-likeness (QED) is 0.868. The Hall–Kier alpha value is -1.98. The van der Waals surface area contributed by atoms with Gasteiger partial charge < -0.3 is 5.11 Å². The molecule has 1 N–H and O–H groups in total. The van der Waals surface area contributed by atoms with Crippen molar-refractivity contribution in [2.24, 2.45) is 5.92 Å². The van der Waals surface area contributed by atoms with E-state index in [4.69, 9.17) is 0 Å². The SMILES string of the molecule is O=C(O)C1CCCCC1c1nnc2cccnn12. The number of carboxylic acid groups (broad SMARTS) is 1. The molecule has 2 aromatic rings. The normalized spacial score (nSPS) is 24.2. The van der Waals surface area contributed by atoms with Crippen LogP contribution >= 0.6 is 0 Å². The maximum atomic E-state index is 11.3. The number of nitrogens with zero attached hydrogens (tertiary/aromatic N) is 4. The van der Waals surface area contributed by atoms with E-state index < -0.39 is 5.97 Å². The van der Waals surface area contributed by atoms with Gasteiger partial charge in [0.15, 0.2) is 11.5 Å². The molecule has 0 aliphatic heterocycles. The summed E-state index contributed by atoms with van der Waals surface area (Å²) in [5, 5.41) is 21.7. The van der Waals surface area contributed by atoms with Crippen molar-refractivity contribution >= 4 is 11.6 Å². The second-order valence-electron chi connectivity index (χ2n) is 4.69. The molecule has 2 atom stereocenters. The lowest BCUT2D eigenvalue weighted by Gasteiger charge is -2.26. The molecule has 1 saturated carbocycles. The van der Waals surface area contributed by atoms with Gasteiger partial charge in [-0.15, -0.1) is 10.2 Å².